The number of carbonyl (C=O) groups is 1. The normalized spacial score (nSPS) is 17.4. The van der Waals surface area contributed by atoms with Crippen molar-refractivity contribution in [1.29, 1.82) is 0 Å². The van der Waals surface area contributed by atoms with Gasteiger partial charge >= 0.3 is 6.09 Å². The molecule has 5 nitrogen and oxygen atoms in total. The lowest BCUT2D eigenvalue weighted by molar-refractivity contribution is -0.114. The van der Waals surface area contributed by atoms with Crippen molar-refractivity contribution in [2.75, 3.05) is 13.1 Å². The Hall–Kier alpha value is -2.01. The van der Waals surface area contributed by atoms with Crippen LogP contribution in [-0.2, 0) is 10.3 Å². The van der Waals surface area contributed by atoms with Crippen LogP contribution in [0.3, 0.4) is 0 Å². The first-order valence-corrected chi connectivity index (χ1v) is 7.38. The Morgan fingerprint density at radius 2 is 2.05 bits per heavy atom. The molecule has 1 N–H and O–H groups in total. The van der Waals surface area contributed by atoms with Crippen molar-refractivity contribution < 1.29 is 19.1 Å². The molecule has 0 bridgehead atoms. The van der Waals surface area contributed by atoms with Gasteiger partial charge in [0.15, 0.2) is 5.60 Å². The number of ether oxygens (including phenoxy) is 1. The van der Waals surface area contributed by atoms with Crippen LogP contribution < -0.4 is 0 Å². The maximum atomic E-state index is 11.9. The van der Waals surface area contributed by atoms with Gasteiger partial charge in [-0.25, -0.2) is 4.79 Å². The van der Waals surface area contributed by atoms with Gasteiger partial charge in [-0.2, -0.15) is 0 Å². The average Bonchev–Trinajstić information content (AvgIpc) is 2.78. The molecule has 1 aromatic heterocycles. The van der Waals surface area contributed by atoms with Crippen molar-refractivity contribution in [3.05, 3.63) is 35.6 Å². The highest BCUT2D eigenvalue weighted by molar-refractivity contribution is 5.81. The number of carbonyl (C=O) groups excluding carboxylic acids is 1. The second-order valence-electron chi connectivity index (χ2n) is 6.97. The first-order valence-electron chi connectivity index (χ1n) is 7.38. The van der Waals surface area contributed by atoms with E-state index in [1.807, 2.05) is 52.0 Å². The van der Waals surface area contributed by atoms with Crippen LogP contribution in [0.4, 0.5) is 4.79 Å². The van der Waals surface area contributed by atoms with Crippen LogP contribution in [0.2, 0.25) is 0 Å². The summed E-state index contributed by atoms with van der Waals surface area (Å²) >= 11 is 0. The molecule has 3 rings (SSSR count). The molecule has 0 spiro atoms. The highest BCUT2D eigenvalue weighted by Crippen LogP contribution is 2.36. The van der Waals surface area contributed by atoms with Gasteiger partial charge in [-0.1, -0.05) is 18.2 Å². The average molecular weight is 303 g/mol. The van der Waals surface area contributed by atoms with Gasteiger partial charge in [0.1, 0.15) is 16.9 Å². The van der Waals surface area contributed by atoms with Gasteiger partial charge in [-0.3, -0.25) is 0 Å². The Bertz CT molecular complexity index is 720. The summed E-state index contributed by atoms with van der Waals surface area (Å²) in [7, 11) is 0. The smallest absolute Gasteiger partial charge is 0.410 e. The second-order valence-corrected chi connectivity index (χ2v) is 6.97. The molecule has 5 heteroatoms. The number of hydrogen-bond donors (Lipinski definition) is 1. The predicted molar refractivity (Wildman–Crippen MR) is 82.7 cm³/mol. The van der Waals surface area contributed by atoms with E-state index in [0.717, 1.165) is 16.5 Å². The topological polar surface area (TPSA) is 62.9 Å². The summed E-state index contributed by atoms with van der Waals surface area (Å²) in [5, 5.41) is 11.6. The zero-order chi connectivity index (χ0) is 16.1. The summed E-state index contributed by atoms with van der Waals surface area (Å²) in [6.07, 6.45) is -0.413. The first-order chi connectivity index (χ1) is 10.2. The van der Waals surface area contributed by atoms with Gasteiger partial charge in [0.2, 0.25) is 0 Å². The number of hydrogen-bond acceptors (Lipinski definition) is 4. The number of aryl methyl sites for hydroxylation is 1. The van der Waals surface area contributed by atoms with Crippen LogP contribution >= 0.6 is 0 Å². The van der Waals surface area contributed by atoms with Crippen LogP contribution in [0.25, 0.3) is 11.0 Å². The van der Waals surface area contributed by atoms with Crippen molar-refractivity contribution in [3.8, 4) is 0 Å². The molecule has 0 atom stereocenters. The predicted octanol–water partition coefficient (Wildman–Crippen LogP) is 3.18. The number of furan rings is 1. The summed E-state index contributed by atoms with van der Waals surface area (Å²) < 4.78 is 11.1. The third kappa shape index (κ3) is 2.57. The van der Waals surface area contributed by atoms with E-state index < -0.39 is 17.3 Å². The Balaban J connectivity index is 1.76. The molecule has 0 radical (unpaired) electrons. The molecule has 0 unspecified atom stereocenters. The fourth-order valence-electron chi connectivity index (χ4n) is 2.63. The van der Waals surface area contributed by atoms with Crippen LogP contribution in [0, 0.1) is 6.92 Å². The quantitative estimate of drug-likeness (QED) is 0.879. The van der Waals surface area contributed by atoms with Crippen molar-refractivity contribution >= 4 is 17.1 Å². The van der Waals surface area contributed by atoms with E-state index in [2.05, 4.69) is 0 Å². The highest BCUT2D eigenvalue weighted by atomic mass is 16.6. The summed E-state index contributed by atoms with van der Waals surface area (Å²) in [6.45, 7) is 7.78. The standard InChI is InChI=1S/C17H21NO4/c1-11-6-5-7-12-8-13(21-14(11)12)17(20)9-18(10-17)15(19)22-16(2,3)4/h5-8,20H,9-10H2,1-4H3. The fraction of sp³-hybridized carbons (Fsp3) is 0.471. The summed E-state index contributed by atoms with van der Waals surface area (Å²) in [6, 6.07) is 7.71. The van der Waals surface area contributed by atoms with E-state index in [0.29, 0.717) is 5.76 Å². The van der Waals surface area contributed by atoms with Gasteiger partial charge in [0.25, 0.3) is 0 Å². The molecule has 2 heterocycles. The monoisotopic (exact) mass is 303 g/mol. The molecule has 1 aliphatic heterocycles. The van der Waals surface area contributed by atoms with E-state index in [1.54, 1.807) is 0 Å². The summed E-state index contributed by atoms with van der Waals surface area (Å²) in [5.74, 6) is 0.497. The molecular formula is C17H21NO4. The maximum absolute atomic E-state index is 11.9. The zero-order valence-corrected chi connectivity index (χ0v) is 13.3. The lowest BCUT2D eigenvalue weighted by Gasteiger charge is -2.44. The van der Waals surface area contributed by atoms with Crippen LogP contribution in [0.5, 0.6) is 0 Å². The molecule has 1 fully saturated rings. The van der Waals surface area contributed by atoms with Crippen LogP contribution in [-0.4, -0.2) is 34.8 Å². The molecule has 1 amide bonds. The van der Waals surface area contributed by atoms with Crippen molar-refractivity contribution in [1.82, 2.24) is 4.90 Å². The van der Waals surface area contributed by atoms with E-state index >= 15 is 0 Å². The number of likely N-dealkylation sites (tertiary alicyclic amines) is 1. The molecule has 2 aromatic rings. The lowest BCUT2D eigenvalue weighted by Crippen LogP contribution is -2.61. The third-order valence-corrected chi connectivity index (χ3v) is 3.76. The minimum atomic E-state index is -1.14. The molecular weight excluding hydrogens is 282 g/mol. The minimum absolute atomic E-state index is 0.181. The van der Waals surface area contributed by atoms with Gasteiger partial charge < -0.3 is 19.2 Å². The van der Waals surface area contributed by atoms with E-state index in [9.17, 15) is 9.90 Å². The SMILES string of the molecule is Cc1cccc2cc(C3(O)CN(C(=O)OC(C)(C)C)C3)oc12. The number of β-amino-alcohol motifs (C(OH)–C–C–N with tert-alkyl or cyclic N) is 1. The number of para-hydroxylation sites is 1. The van der Waals surface area contributed by atoms with Gasteiger partial charge in [-0.15, -0.1) is 0 Å². The Morgan fingerprint density at radius 1 is 1.36 bits per heavy atom. The van der Waals surface area contributed by atoms with Gasteiger partial charge in [0.05, 0.1) is 13.1 Å². The van der Waals surface area contributed by atoms with Crippen molar-refractivity contribution in [3.63, 3.8) is 0 Å². The first kappa shape index (κ1) is 14.9. The summed E-state index contributed by atoms with van der Waals surface area (Å²) in [4.78, 5) is 13.4. The van der Waals surface area contributed by atoms with E-state index in [1.165, 1.54) is 4.90 Å². The van der Waals surface area contributed by atoms with E-state index in [-0.39, 0.29) is 13.1 Å². The number of nitrogens with zero attached hydrogens (tertiary/aromatic N) is 1. The Labute approximate surface area is 129 Å². The number of aliphatic hydroxyl groups is 1. The van der Waals surface area contributed by atoms with Crippen LogP contribution in [0.1, 0.15) is 32.1 Å². The molecule has 1 aliphatic rings. The highest BCUT2D eigenvalue weighted by Gasteiger charge is 2.48. The van der Waals surface area contributed by atoms with Gasteiger partial charge in [-0.05, 0) is 39.3 Å². The lowest BCUT2D eigenvalue weighted by atomic mass is 9.91. The second kappa shape index (κ2) is 4.74. The molecule has 1 aromatic carbocycles. The maximum Gasteiger partial charge on any atom is 0.410 e. The molecule has 0 aliphatic carbocycles. The molecule has 22 heavy (non-hydrogen) atoms. The number of amides is 1. The zero-order valence-electron chi connectivity index (χ0n) is 13.3. The number of rotatable bonds is 1. The molecule has 1 saturated heterocycles. The fourth-order valence-corrected chi connectivity index (χ4v) is 2.63. The van der Waals surface area contributed by atoms with Crippen molar-refractivity contribution in [2.45, 2.75) is 38.9 Å². The van der Waals surface area contributed by atoms with Crippen LogP contribution in [0.15, 0.2) is 28.7 Å². The largest absolute Gasteiger partial charge is 0.458 e. The molecule has 118 valence electrons. The Morgan fingerprint density at radius 3 is 2.64 bits per heavy atom. The Kier molecular flexibility index (Phi) is 3.22. The van der Waals surface area contributed by atoms with E-state index in [4.69, 9.17) is 9.15 Å². The third-order valence-electron chi connectivity index (χ3n) is 3.76. The molecule has 0 saturated carbocycles. The van der Waals surface area contributed by atoms with Crippen molar-refractivity contribution in [2.24, 2.45) is 0 Å². The minimum Gasteiger partial charge on any atom is -0.458 e. The van der Waals surface area contributed by atoms with Gasteiger partial charge in [0, 0.05) is 5.39 Å². The summed E-state index contributed by atoms with van der Waals surface area (Å²) in [5.41, 5.74) is 0.126. The number of fused-ring (bicyclic) bond motifs is 1. The number of benzene rings is 1.